The standard InChI is InChI=1S/C14H18ClNO4/c1-19-12-3-2-10(15)8-11(12)13(17)16-9-14(18)4-6-20-7-5-14/h2-3,8,18H,4-7,9H2,1H3,(H,16,17). The van der Waals surface area contributed by atoms with Crippen molar-refractivity contribution in [2.45, 2.75) is 18.4 Å². The van der Waals surface area contributed by atoms with Gasteiger partial charge in [-0.25, -0.2) is 0 Å². The lowest BCUT2D eigenvalue weighted by molar-refractivity contribution is -0.0605. The quantitative estimate of drug-likeness (QED) is 0.886. The summed E-state index contributed by atoms with van der Waals surface area (Å²) in [6.07, 6.45) is 1.03. The van der Waals surface area contributed by atoms with Gasteiger partial charge >= 0.3 is 0 Å². The molecular weight excluding hydrogens is 282 g/mol. The molecule has 0 bridgehead atoms. The predicted octanol–water partition coefficient (Wildman–Crippen LogP) is 1.62. The third-order valence-electron chi connectivity index (χ3n) is 3.41. The number of aliphatic hydroxyl groups is 1. The Morgan fingerprint density at radius 2 is 2.20 bits per heavy atom. The molecule has 0 saturated carbocycles. The summed E-state index contributed by atoms with van der Waals surface area (Å²) in [5.74, 6) is 0.134. The Kier molecular flexibility index (Phi) is 4.86. The van der Waals surface area contributed by atoms with Gasteiger partial charge in [0.25, 0.3) is 5.91 Å². The fourth-order valence-corrected chi connectivity index (χ4v) is 2.30. The number of amides is 1. The minimum atomic E-state index is -0.903. The molecule has 1 aliphatic rings. The van der Waals surface area contributed by atoms with Crippen molar-refractivity contribution in [2.24, 2.45) is 0 Å². The summed E-state index contributed by atoms with van der Waals surface area (Å²) >= 11 is 5.89. The van der Waals surface area contributed by atoms with Gasteiger partial charge in [-0.1, -0.05) is 11.6 Å². The maximum Gasteiger partial charge on any atom is 0.255 e. The van der Waals surface area contributed by atoms with E-state index >= 15 is 0 Å². The van der Waals surface area contributed by atoms with Crippen molar-refractivity contribution in [3.8, 4) is 5.75 Å². The van der Waals surface area contributed by atoms with Crippen LogP contribution in [0.15, 0.2) is 18.2 Å². The number of methoxy groups -OCH3 is 1. The van der Waals surface area contributed by atoms with Gasteiger partial charge < -0.3 is 19.9 Å². The molecule has 1 saturated heterocycles. The van der Waals surface area contributed by atoms with Gasteiger partial charge in [0.1, 0.15) is 5.75 Å². The Hall–Kier alpha value is -1.30. The molecule has 1 fully saturated rings. The van der Waals surface area contributed by atoms with E-state index in [0.717, 1.165) is 0 Å². The van der Waals surface area contributed by atoms with Crippen LogP contribution in [0.3, 0.4) is 0 Å². The van der Waals surface area contributed by atoms with Crippen LogP contribution in [0, 0.1) is 0 Å². The molecule has 2 N–H and O–H groups in total. The highest BCUT2D eigenvalue weighted by Crippen LogP contribution is 2.23. The predicted molar refractivity (Wildman–Crippen MR) is 75.3 cm³/mol. The van der Waals surface area contributed by atoms with Crippen LogP contribution in [0.1, 0.15) is 23.2 Å². The number of rotatable bonds is 4. The van der Waals surface area contributed by atoms with E-state index in [0.29, 0.717) is 42.4 Å². The number of halogens is 1. The molecule has 0 atom stereocenters. The van der Waals surface area contributed by atoms with Crippen molar-refractivity contribution < 1.29 is 19.4 Å². The normalized spacial score (nSPS) is 17.6. The highest BCUT2D eigenvalue weighted by molar-refractivity contribution is 6.31. The van der Waals surface area contributed by atoms with Crippen molar-refractivity contribution in [3.63, 3.8) is 0 Å². The van der Waals surface area contributed by atoms with Gasteiger partial charge in [-0.3, -0.25) is 4.79 Å². The Morgan fingerprint density at radius 1 is 1.50 bits per heavy atom. The molecule has 0 radical (unpaired) electrons. The van der Waals surface area contributed by atoms with Crippen LogP contribution in [-0.2, 0) is 4.74 Å². The minimum absolute atomic E-state index is 0.185. The molecule has 1 amide bonds. The summed E-state index contributed by atoms with van der Waals surface area (Å²) in [7, 11) is 1.49. The van der Waals surface area contributed by atoms with Crippen LogP contribution in [-0.4, -0.2) is 43.5 Å². The molecule has 5 nitrogen and oxygen atoms in total. The first-order valence-electron chi connectivity index (χ1n) is 6.46. The number of ether oxygens (including phenoxy) is 2. The lowest BCUT2D eigenvalue weighted by Gasteiger charge is -2.32. The van der Waals surface area contributed by atoms with E-state index in [2.05, 4.69) is 5.32 Å². The first-order valence-corrected chi connectivity index (χ1v) is 6.84. The first kappa shape index (κ1) is 15.1. The van der Waals surface area contributed by atoms with E-state index < -0.39 is 5.60 Å². The van der Waals surface area contributed by atoms with Crippen molar-refractivity contribution in [2.75, 3.05) is 26.9 Å². The highest BCUT2D eigenvalue weighted by atomic mass is 35.5. The van der Waals surface area contributed by atoms with Crippen LogP contribution in [0.5, 0.6) is 5.75 Å². The number of hydrogen-bond donors (Lipinski definition) is 2. The first-order chi connectivity index (χ1) is 9.54. The summed E-state index contributed by atoms with van der Waals surface area (Å²) in [6.45, 7) is 1.20. The van der Waals surface area contributed by atoms with Crippen molar-refractivity contribution in [1.82, 2.24) is 5.32 Å². The van der Waals surface area contributed by atoms with Gasteiger partial charge in [0.15, 0.2) is 0 Å². The molecule has 2 rings (SSSR count). The van der Waals surface area contributed by atoms with Gasteiger partial charge in [-0.2, -0.15) is 0 Å². The van der Waals surface area contributed by atoms with Crippen molar-refractivity contribution in [3.05, 3.63) is 28.8 Å². The zero-order chi connectivity index (χ0) is 14.6. The number of nitrogens with one attached hydrogen (secondary N) is 1. The van der Waals surface area contributed by atoms with Crippen LogP contribution < -0.4 is 10.1 Å². The van der Waals surface area contributed by atoms with Gasteiger partial charge in [0.2, 0.25) is 0 Å². The lowest BCUT2D eigenvalue weighted by atomic mass is 9.94. The Labute approximate surface area is 122 Å². The maximum atomic E-state index is 12.2. The summed E-state index contributed by atoms with van der Waals surface area (Å²) < 4.78 is 10.3. The lowest BCUT2D eigenvalue weighted by Crippen LogP contribution is -2.46. The molecule has 110 valence electrons. The molecule has 0 aromatic heterocycles. The molecule has 1 heterocycles. The monoisotopic (exact) mass is 299 g/mol. The van der Waals surface area contributed by atoms with Crippen LogP contribution in [0.25, 0.3) is 0 Å². The Morgan fingerprint density at radius 3 is 2.85 bits per heavy atom. The van der Waals surface area contributed by atoms with E-state index in [1.54, 1.807) is 18.2 Å². The van der Waals surface area contributed by atoms with Gasteiger partial charge in [0, 0.05) is 37.6 Å². The van der Waals surface area contributed by atoms with Crippen molar-refractivity contribution in [1.29, 1.82) is 0 Å². The van der Waals surface area contributed by atoms with E-state index in [1.807, 2.05) is 0 Å². The SMILES string of the molecule is COc1ccc(Cl)cc1C(=O)NCC1(O)CCOCC1. The van der Waals surface area contributed by atoms with E-state index in [9.17, 15) is 9.90 Å². The maximum absolute atomic E-state index is 12.2. The molecule has 0 spiro atoms. The zero-order valence-electron chi connectivity index (χ0n) is 11.3. The van der Waals surface area contributed by atoms with Crippen LogP contribution >= 0.6 is 11.6 Å². The number of benzene rings is 1. The molecule has 20 heavy (non-hydrogen) atoms. The fourth-order valence-electron chi connectivity index (χ4n) is 2.13. The van der Waals surface area contributed by atoms with E-state index in [1.165, 1.54) is 7.11 Å². The van der Waals surface area contributed by atoms with Gasteiger partial charge in [0.05, 0.1) is 18.3 Å². The fraction of sp³-hybridized carbons (Fsp3) is 0.500. The third kappa shape index (κ3) is 3.62. The minimum Gasteiger partial charge on any atom is -0.496 e. The van der Waals surface area contributed by atoms with Crippen LogP contribution in [0.4, 0.5) is 0 Å². The summed E-state index contributed by atoms with van der Waals surface area (Å²) in [6, 6.07) is 4.84. The number of carbonyl (C=O) groups excluding carboxylic acids is 1. The smallest absolute Gasteiger partial charge is 0.255 e. The largest absolute Gasteiger partial charge is 0.496 e. The molecule has 6 heteroatoms. The Balaban J connectivity index is 2.03. The summed E-state index contributed by atoms with van der Waals surface area (Å²) in [5, 5.41) is 13.5. The zero-order valence-corrected chi connectivity index (χ0v) is 12.1. The second-order valence-corrected chi connectivity index (χ2v) is 5.30. The highest BCUT2D eigenvalue weighted by Gasteiger charge is 2.30. The van der Waals surface area contributed by atoms with E-state index in [4.69, 9.17) is 21.1 Å². The van der Waals surface area contributed by atoms with Gasteiger partial charge in [-0.05, 0) is 18.2 Å². The molecule has 1 aliphatic heterocycles. The topological polar surface area (TPSA) is 67.8 Å². The number of carbonyl (C=O) groups is 1. The average Bonchev–Trinajstić information content (AvgIpc) is 2.45. The second-order valence-electron chi connectivity index (χ2n) is 4.86. The summed E-state index contributed by atoms with van der Waals surface area (Å²) in [4.78, 5) is 12.2. The third-order valence-corrected chi connectivity index (χ3v) is 3.64. The molecule has 1 aromatic rings. The number of hydrogen-bond acceptors (Lipinski definition) is 4. The molecule has 0 aliphatic carbocycles. The molecular formula is C14H18ClNO4. The van der Waals surface area contributed by atoms with Crippen LogP contribution in [0.2, 0.25) is 5.02 Å². The Bertz CT molecular complexity index is 486. The molecule has 0 unspecified atom stereocenters. The summed E-state index contributed by atoms with van der Waals surface area (Å²) in [5.41, 5.74) is -0.546. The van der Waals surface area contributed by atoms with E-state index in [-0.39, 0.29) is 12.5 Å². The second kappa shape index (κ2) is 6.43. The molecule has 1 aromatic carbocycles. The van der Waals surface area contributed by atoms with Gasteiger partial charge in [-0.15, -0.1) is 0 Å². The average molecular weight is 300 g/mol. The van der Waals surface area contributed by atoms with Crippen molar-refractivity contribution >= 4 is 17.5 Å².